The molecule has 0 bridgehead atoms. The topological polar surface area (TPSA) is 36.4 Å². The van der Waals surface area contributed by atoms with E-state index in [4.69, 9.17) is 4.98 Å². The number of piperazine rings is 1. The summed E-state index contributed by atoms with van der Waals surface area (Å²) in [5.41, 5.74) is 7.13. The lowest BCUT2D eigenvalue weighted by Gasteiger charge is -2.36. The fraction of sp³-hybridized carbons (Fsp3) is 0.267. The van der Waals surface area contributed by atoms with Crippen LogP contribution in [0.1, 0.15) is 41.3 Å². The second-order valence-corrected chi connectivity index (χ2v) is 9.47. The molecule has 0 spiro atoms. The molecular formula is C30H31N3O. The van der Waals surface area contributed by atoms with Crippen molar-refractivity contribution in [1.29, 1.82) is 0 Å². The standard InChI is InChI=1S/C30H31N3O/c1-21(2)23-10-12-24(13-11-23)29-20-27(26-19-22(3)9-14-28(26)31-29)30(34)33-17-15-32(16-18-33)25-7-5-4-6-8-25/h4-14,19-21H,15-18H2,1-3H3. The van der Waals surface area contributed by atoms with E-state index in [1.54, 1.807) is 0 Å². The molecule has 2 heterocycles. The fourth-order valence-electron chi connectivity index (χ4n) is 4.68. The number of aromatic nitrogens is 1. The molecule has 4 heteroatoms. The summed E-state index contributed by atoms with van der Waals surface area (Å²) in [5.74, 6) is 0.569. The van der Waals surface area contributed by atoms with Crippen molar-refractivity contribution in [3.63, 3.8) is 0 Å². The number of rotatable bonds is 4. The normalized spacial score (nSPS) is 14.1. The lowest BCUT2D eigenvalue weighted by molar-refractivity contribution is 0.0748. The molecule has 0 N–H and O–H groups in total. The lowest BCUT2D eigenvalue weighted by atomic mass is 9.98. The minimum Gasteiger partial charge on any atom is -0.368 e. The summed E-state index contributed by atoms with van der Waals surface area (Å²) >= 11 is 0. The number of nitrogens with zero attached hydrogens (tertiary/aromatic N) is 3. The van der Waals surface area contributed by atoms with Crippen LogP contribution in [0.15, 0.2) is 78.9 Å². The van der Waals surface area contributed by atoms with Gasteiger partial charge in [-0.1, -0.05) is 67.9 Å². The number of para-hydroxylation sites is 1. The maximum Gasteiger partial charge on any atom is 0.254 e. The van der Waals surface area contributed by atoms with Crippen LogP contribution in [-0.4, -0.2) is 42.0 Å². The minimum absolute atomic E-state index is 0.0887. The van der Waals surface area contributed by atoms with E-state index in [-0.39, 0.29) is 5.91 Å². The van der Waals surface area contributed by atoms with Crippen molar-refractivity contribution in [3.8, 4) is 11.3 Å². The number of carbonyl (C=O) groups is 1. The van der Waals surface area contributed by atoms with E-state index in [1.165, 1.54) is 11.3 Å². The first-order chi connectivity index (χ1) is 16.5. The van der Waals surface area contributed by atoms with E-state index in [9.17, 15) is 4.79 Å². The van der Waals surface area contributed by atoms with Gasteiger partial charge in [-0.25, -0.2) is 4.98 Å². The van der Waals surface area contributed by atoms with Gasteiger partial charge >= 0.3 is 0 Å². The Kier molecular flexibility index (Phi) is 6.06. The van der Waals surface area contributed by atoms with Gasteiger partial charge < -0.3 is 9.80 Å². The highest BCUT2D eigenvalue weighted by atomic mass is 16.2. The number of hydrogen-bond donors (Lipinski definition) is 0. The van der Waals surface area contributed by atoms with Crippen molar-refractivity contribution in [2.75, 3.05) is 31.1 Å². The monoisotopic (exact) mass is 449 g/mol. The molecule has 34 heavy (non-hydrogen) atoms. The van der Waals surface area contributed by atoms with Gasteiger partial charge in [-0.2, -0.15) is 0 Å². The van der Waals surface area contributed by atoms with Gasteiger partial charge in [0.15, 0.2) is 0 Å². The van der Waals surface area contributed by atoms with Gasteiger partial charge in [0.25, 0.3) is 5.91 Å². The van der Waals surface area contributed by atoms with Crippen LogP contribution < -0.4 is 4.90 Å². The molecule has 1 aromatic heterocycles. The first-order valence-corrected chi connectivity index (χ1v) is 12.1. The second kappa shape index (κ2) is 9.30. The summed E-state index contributed by atoms with van der Waals surface area (Å²) in [4.78, 5) is 23.0. The van der Waals surface area contributed by atoms with Crippen LogP contribution in [0, 0.1) is 6.92 Å². The van der Waals surface area contributed by atoms with Gasteiger partial charge in [0, 0.05) is 42.8 Å². The molecule has 1 saturated heterocycles. The number of anilines is 1. The summed E-state index contributed by atoms with van der Waals surface area (Å²) in [6, 6.07) is 27.1. The van der Waals surface area contributed by atoms with Gasteiger partial charge in [0.2, 0.25) is 0 Å². The molecule has 4 aromatic rings. The predicted molar refractivity (Wildman–Crippen MR) is 141 cm³/mol. The summed E-state index contributed by atoms with van der Waals surface area (Å²) < 4.78 is 0. The molecule has 0 saturated carbocycles. The highest BCUT2D eigenvalue weighted by Gasteiger charge is 2.24. The van der Waals surface area contributed by atoms with E-state index in [0.717, 1.165) is 46.4 Å². The first kappa shape index (κ1) is 22.1. The maximum absolute atomic E-state index is 13.8. The van der Waals surface area contributed by atoms with Crippen LogP contribution in [-0.2, 0) is 0 Å². The minimum atomic E-state index is 0.0887. The summed E-state index contributed by atoms with van der Waals surface area (Å²) in [7, 11) is 0. The molecule has 1 aliphatic heterocycles. The summed E-state index contributed by atoms with van der Waals surface area (Å²) in [5, 5.41) is 0.929. The Morgan fingerprint density at radius 3 is 2.24 bits per heavy atom. The summed E-state index contributed by atoms with van der Waals surface area (Å²) in [6.45, 7) is 9.54. The van der Waals surface area contributed by atoms with E-state index >= 15 is 0 Å². The van der Waals surface area contributed by atoms with E-state index in [0.29, 0.717) is 19.0 Å². The third-order valence-electron chi connectivity index (χ3n) is 6.76. The SMILES string of the molecule is Cc1ccc2nc(-c3ccc(C(C)C)cc3)cc(C(=O)N3CCN(c4ccccc4)CC3)c2c1. The number of aryl methyl sites for hydroxylation is 1. The van der Waals surface area contributed by atoms with Gasteiger partial charge in [-0.3, -0.25) is 4.79 Å². The molecule has 0 unspecified atom stereocenters. The molecule has 3 aromatic carbocycles. The van der Waals surface area contributed by atoms with Gasteiger partial charge in [-0.05, 0) is 48.7 Å². The van der Waals surface area contributed by atoms with Crippen molar-refractivity contribution >= 4 is 22.5 Å². The molecule has 0 aliphatic carbocycles. The van der Waals surface area contributed by atoms with Crippen LogP contribution in [0.25, 0.3) is 22.2 Å². The van der Waals surface area contributed by atoms with Crippen molar-refractivity contribution in [2.45, 2.75) is 26.7 Å². The van der Waals surface area contributed by atoms with Gasteiger partial charge in [0.05, 0.1) is 16.8 Å². The molecular weight excluding hydrogens is 418 g/mol. The zero-order valence-electron chi connectivity index (χ0n) is 20.2. The number of fused-ring (bicyclic) bond motifs is 1. The third kappa shape index (κ3) is 4.41. The van der Waals surface area contributed by atoms with Crippen molar-refractivity contribution in [1.82, 2.24) is 9.88 Å². The van der Waals surface area contributed by atoms with Crippen molar-refractivity contribution < 1.29 is 4.79 Å². The van der Waals surface area contributed by atoms with Crippen molar-refractivity contribution in [2.24, 2.45) is 0 Å². The van der Waals surface area contributed by atoms with Crippen molar-refractivity contribution in [3.05, 3.63) is 95.6 Å². The van der Waals surface area contributed by atoms with Crippen LogP contribution in [0.4, 0.5) is 5.69 Å². The molecule has 172 valence electrons. The second-order valence-electron chi connectivity index (χ2n) is 9.47. The molecule has 1 amide bonds. The van der Waals surface area contributed by atoms with Gasteiger partial charge in [-0.15, -0.1) is 0 Å². The number of benzene rings is 3. The average Bonchev–Trinajstić information content (AvgIpc) is 2.88. The number of pyridine rings is 1. The Morgan fingerprint density at radius 2 is 1.56 bits per heavy atom. The maximum atomic E-state index is 13.8. The number of carbonyl (C=O) groups excluding carboxylic acids is 1. The zero-order chi connectivity index (χ0) is 23.7. The van der Waals surface area contributed by atoms with Crippen LogP contribution >= 0.6 is 0 Å². The molecule has 5 rings (SSSR count). The zero-order valence-corrected chi connectivity index (χ0v) is 20.2. The largest absolute Gasteiger partial charge is 0.368 e. The fourth-order valence-corrected chi connectivity index (χ4v) is 4.68. The van der Waals surface area contributed by atoms with E-state index in [2.05, 4.69) is 86.3 Å². The Morgan fingerprint density at radius 1 is 0.853 bits per heavy atom. The Hall–Kier alpha value is -3.66. The molecule has 0 atom stereocenters. The molecule has 4 nitrogen and oxygen atoms in total. The van der Waals surface area contributed by atoms with Crippen LogP contribution in [0.3, 0.4) is 0 Å². The van der Waals surface area contributed by atoms with Crippen LogP contribution in [0.2, 0.25) is 0 Å². The average molecular weight is 450 g/mol. The van der Waals surface area contributed by atoms with E-state index in [1.807, 2.05) is 23.1 Å². The van der Waals surface area contributed by atoms with Gasteiger partial charge in [0.1, 0.15) is 0 Å². The number of hydrogen-bond acceptors (Lipinski definition) is 3. The smallest absolute Gasteiger partial charge is 0.254 e. The highest BCUT2D eigenvalue weighted by molar-refractivity contribution is 6.07. The predicted octanol–water partition coefficient (Wildman–Crippen LogP) is 6.30. The first-order valence-electron chi connectivity index (χ1n) is 12.1. The molecule has 1 aliphatic rings. The highest BCUT2D eigenvalue weighted by Crippen LogP contribution is 2.28. The molecule has 0 radical (unpaired) electrons. The third-order valence-corrected chi connectivity index (χ3v) is 6.76. The Bertz CT molecular complexity index is 1300. The summed E-state index contributed by atoms with van der Waals surface area (Å²) in [6.07, 6.45) is 0. The Labute approximate surface area is 201 Å². The quantitative estimate of drug-likeness (QED) is 0.367. The van der Waals surface area contributed by atoms with E-state index < -0.39 is 0 Å². The molecule has 1 fully saturated rings. The lowest BCUT2D eigenvalue weighted by Crippen LogP contribution is -2.48. The van der Waals surface area contributed by atoms with Crippen LogP contribution in [0.5, 0.6) is 0 Å². The Balaban J connectivity index is 1.47. The number of amides is 1.